The number of halogens is 1. The van der Waals surface area contributed by atoms with Crippen LogP contribution in [0.5, 0.6) is 0 Å². The van der Waals surface area contributed by atoms with E-state index in [1.54, 1.807) is 13.2 Å². The smallest absolute Gasteiger partial charge is 0.128 e. The molecule has 0 amide bonds. The van der Waals surface area contributed by atoms with Gasteiger partial charge in [-0.3, -0.25) is 0 Å². The quantitative estimate of drug-likeness (QED) is 0.602. The number of rotatable bonds is 12. The molecule has 0 saturated carbocycles. The van der Waals surface area contributed by atoms with Crippen LogP contribution in [0, 0.1) is 5.82 Å². The molecule has 0 aliphatic heterocycles. The Kier molecular flexibility index (Phi) is 9.99. The largest absolute Gasteiger partial charge is 0.382 e. The number of methoxy groups -OCH3 is 1. The van der Waals surface area contributed by atoms with E-state index in [1.165, 1.54) is 6.07 Å². The number of hydrogen-bond acceptors (Lipinski definition) is 4. The first kappa shape index (κ1) is 18.0. The Bertz CT molecular complexity index is 388. The monoisotopic (exact) mass is 299 g/mol. The lowest BCUT2D eigenvalue weighted by molar-refractivity contribution is 0.0479. The topological polar surface area (TPSA) is 39.7 Å². The molecular formula is C16H26FNO3. The summed E-state index contributed by atoms with van der Waals surface area (Å²) in [6, 6.07) is 5.15. The van der Waals surface area contributed by atoms with Crippen molar-refractivity contribution in [3.63, 3.8) is 0 Å². The van der Waals surface area contributed by atoms with Crippen LogP contribution in [0.4, 0.5) is 4.39 Å². The van der Waals surface area contributed by atoms with Crippen LogP contribution in [-0.4, -0.2) is 40.1 Å². The van der Waals surface area contributed by atoms with Crippen LogP contribution in [0.25, 0.3) is 0 Å². The molecule has 0 radical (unpaired) electrons. The minimum Gasteiger partial charge on any atom is -0.382 e. The maximum Gasteiger partial charge on any atom is 0.128 e. The van der Waals surface area contributed by atoms with Crippen molar-refractivity contribution in [3.05, 3.63) is 35.1 Å². The predicted molar refractivity (Wildman–Crippen MR) is 80.7 cm³/mol. The molecule has 0 aliphatic carbocycles. The highest BCUT2D eigenvalue weighted by atomic mass is 19.1. The maximum absolute atomic E-state index is 13.7. The highest BCUT2D eigenvalue weighted by Gasteiger charge is 2.04. The standard InChI is InChI=1S/C16H26FNO3/c1-3-18-12-14-5-6-16(17)15(11-14)13-21-8-4-7-20-10-9-19-2/h5-6,11,18H,3-4,7-10,12-13H2,1-2H3. The number of ether oxygens (including phenoxy) is 3. The van der Waals surface area contributed by atoms with Gasteiger partial charge < -0.3 is 19.5 Å². The number of hydrogen-bond donors (Lipinski definition) is 1. The third-order valence-corrected chi connectivity index (χ3v) is 2.96. The molecule has 0 fully saturated rings. The van der Waals surface area contributed by atoms with Crippen LogP contribution >= 0.6 is 0 Å². The Balaban J connectivity index is 2.21. The highest BCUT2D eigenvalue weighted by Crippen LogP contribution is 2.12. The lowest BCUT2D eigenvalue weighted by Crippen LogP contribution is -2.12. The van der Waals surface area contributed by atoms with Gasteiger partial charge in [0, 0.05) is 32.4 Å². The van der Waals surface area contributed by atoms with Crippen molar-refractivity contribution >= 4 is 0 Å². The summed E-state index contributed by atoms with van der Waals surface area (Å²) >= 11 is 0. The normalized spacial score (nSPS) is 11.0. The molecule has 0 spiro atoms. The molecule has 1 rings (SSSR count). The summed E-state index contributed by atoms with van der Waals surface area (Å²) in [4.78, 5) is 0. The Hall–Kier alpha value is -1.01. The lowest BCUT2D eigenvalue weighted by Gasteiger charge is -2.09. The van der Waals surface area contributed by atoms with Crippen LogP contribution in [0.15, 0.2) is 18.2 Å². The molecule has 21 heavy (non-hydrogen) atoms. The van der Waals surface area contributed by atoms with Gasteiger partial charge >= 0.3 is 0 Å². The first-order valence-corrected chi connectivity index (χ1v) is 7.40. The molecule has 0 saturated heterocycles. The minimum atomic E-state index is -0.216. The van der Waals surface area contributed by atoms with Gasteiger partial charge in [0.2, 0.25) is 0 Å². The van der Waals surface area contributed by atoms with Crippen LogP contribution in [0.1, 0.15) is 24.5 Å². The molecule has 0 unspecified atom stereocenters. The Labute approximate surface area is 126 Å². The second-order valence-electron chi connectivity index (χ2n) is 4.72. The van der Waals surface area contributed by atoms with Gasteiger partial charge in [-0.1, -0.05) is 13.0 Å². The van der Waals surface area contributed by atoms with E-state index in [-0.39, 0.29) is 5.82 Å². The van der Waals surface area contributed by atoms with E-state index >= 15 is 0 Å². The summed E-state index contributed by atoms with van der Waals surface area (Å²) in [5, 5.41) is 3.22. The molecule has 120 valence electrons. The minimum absolute atomic E-state index is 0.216. The molecule has 0 bridgehead atoms. The Morgan fingerprint density at radius 2 is 1.90 bits per heavy atom. The SMILES string of the molecule is CCNCc1ccc(F)c(COCCCOCCOC)c1. The third-order valence-electron chi connectivity index (χ3n) is 2.96. The summed E-state index contributed by atoms with van der Waals surface area (Å²) in [6.45, 7) is 6.37. The number of nitrogens with one attached hydrogen (secondary N) is 1. The molecule has 4 nitrogen and oxygen atoms in total. The van der Waals surface area contributed by atoms with E-state index in [2.05, 4.69) is 5.32 Å². The molecule has 1 aromatic rings. The second kappa shape index (κ2) is 11.6. The molecular weight excluding hydrogens is 273 g/mol. The third kappa shape index (κ3) is 8.12. The zero-order valence-corrected chi connectivity index (χ0v) is 13.0. The van der Waals surface area contributed by atoms with E-state index in [0.29, 0.717) is 38.6 Å². The summed E-state index contributed by atoms with van der Waals surface area (Å²) in [7, 11) is 1.64. The van der Waals surface area contributed by atoms with Crippen molar-refractivity contribution in [2.24, 2.45) is 0 Å². The van der Waals surface area contributed by atoms with E-state index < -0.39 is 0 Å². The van der Waals surface area contributed by atoms with E-state index in [9.17, 15) is 4.39 Å². The van der Waals surface area contributed by atoms with Crippen molar-refractivity contribution in [2.75, 3.05) is 40.1 Å². The summed E-state index contributed by atoms with van der Waals surface area (Å²) < 4.78 is 29.4. The van der Waals surface area contributed by atoms with Crippen LogP contribution in [0.2, 0.25) is 0 Å². The summed E-state index contributed by atoms with van der Waals surface area (Å²) in [5.74, 6) is -0.216. The van der Waals surface area contributed by atoms with Crippen molar-refractivity contribution < 1.29 is 18.6 Å². The zero-order valence-electron chi connectivity index (χ0n) is 13.0. The molecule has 1 aromatic carbocycles. The molecule has 0 aromatic heterocycles. The molecule has 0 heterocycles. The van der Waals surface area contributed by atoms with Crippen molar-refractivity contribution in [1.82, 2.24) is 5.32 Å². The van der Waals surface area contributed by atoms with Crippen molar-refractivity contribution in [2.45, 2.75) is 26.5 Å². The maximum atomic E-state index is 13.7. The van der Waals surface area contributed by atoms with Gasteiger partial charge in [-0.05, 0) is 30.7 Å². The molecule has 0 atom stereocenters. The second-order valence-corrected chi connectivity index (χ2v) is 4.72. The lowest BCUT2D eigenvalue weighted by atomic mass is 10.1. The Morgan fingerprint density at radius 3 is 2.67 bits per heavy atom. The van der Waals surface area contributed by atoms with E-state index in [1.807, 2.05) is 13.0 Å². The van der Waals surface area contributed by atoms with Gasteiger partial charge in [0.25, 0.3) is 0 Å². The summed E-state index contributed by atoms with van der Waals surface area (Å²) in [6.07, 6.45) is 0.794. The van der Waals surface area contributed by atoms with Gasteiger partial charge in [0.1, 0.15) is 5.82 Å². The van der Waals surface area contributed by atoms with Crippen LogP contribution in [-0.2, 0) is 27.4 Å². The van der Waals surface area contributed by atoms with Crippen molar-refractivity contribution in [1.29, 1.82) is 0 Å². The van der Waals surface area contributed by atoms with Crippen molar-refractivity contribution in [3.8, 4) is 0 Å². The van der Waals surface area contributed by atoms with E-state index in [0.717, 1.165) is 25.1 Å². The summed E-state index contributed by atoms with van der Waals surface area (Å²) in [5.41, 5.74) is 1.67. The number of benzene rings is 1. The van der Waals surface area contributed by atoms with Crippen LogP contribution < -0.4 is 5.32 Å². The van der Waals surface area contributed by atoms with Crippen LogP contribution in [0.3, 0.4) is 0 Å². The highest BCUT2D eigenvalue weighted by molar-refractivity contribution is 5.24. The fourth-order valence-corrected chi connectivity index (χ4v) is 1.81. The Morgan fingerprint density at radius 1 is 1.10 bits per heavy atom. The fourth-order valence-electron chi connectivity index (χ4n) is 1.81. The van der Waals surface area contributed by atoms with Gasteiger partial charge in [-0.15, -0.1) is 0 Å². The average molecular weight is 299 g/mol. The first-order valence-electron chi connectivity index (χ1n) is 7.40. The molecule has 5 heteroatoms. The van der Waals surface area contributed by atoms with Gasteiger partial charge in [0.15, 0.2) is 0 Å². The molecule has 1 N–H and O–H groups in total. The molecule has 0 aliphatic rings. The average Bonchev–Trinajstić information content (AvgIpc) is 2.50. The predicted octanol–water partition coefficient (Wildman–Crippen LogP) is 2.50. The van der Waals surface area contributed by atoms with E-state index in [4.69, 9.17) is 14.2 Å². The van der Waals surface area contributed by atoms with Gasteiger partial charge in [0.05, 0.1) is 19.8 Å². The first-order chi connectivity index (χ1) is 10.3. The zero-order chi connectivity index (χ0) is 15.3. The fraction of sp³-hybridized carbons (Fsp3) is 0.625. The van der Waals surface area contributed by atoms with Gasteiger partial charge in [-0.2, -0.15) is 0 Å². The van der Waals surface area contributed by atoms with Gasteiger partial charge in [-0.25, -0.2) is 4.39 Å².